The Balaban J connectivity index is 1.33. The van der Waals surface area contributed by atoms with Gasteiger partial charge in [-0.25, -0.2) is 0 Å². The van der Waals surface area contributed by atoms with E-state index in [1.807, 2.05) is 0 Å². The maximum Gasteiger partial charge on any atom is 0.0502 e. The number of rotatable bonds is 6. The topological polar surface area (TPSA) is 15.3 Å². The molecule has 0 atom stereocenters. The predicted molar refractivity (Wildman–Crippen MR) is 270 cm³/mol. The second-order valence-corrected chi connectivity index (χ2v) is 25.0. The van der Waals surface area contributed by atoms with Gasteiger partial charge in [-0.3, -0.25) is 0 Å². The number of anilines is 5. The van der Waals surface area contributed by atoms with Gasteiger partial charge >= 0.3 is 0 Å². The third kappa shape index (κ3) is 7.74. The maximum absolute atomic E-state index is 4.07. The standard InChI is InChI=1S/C60H78N2/c1-38-31-41(61-51-24-21-40(54(3,4)5)34-45(51)44-37-50-48(33-39(44)2)57(10,11)27-28-59(50,14)15)35-43(32-38)62(42-22-23-46-49(36-42)58(12,13)26-25-55(46,6)7)52-20-18-19-47-53(52)60(16,17)30-29-56(47,8)9/h18-24,31-37,61H,25-30H2,1-17H3. The van der Waals surface area contributed by atoms with Crippen LogP contribution in [0.5, 0.6) is 0 Å². The second-order valence-electron chi connectivity index (χ2n) is 25.0. The van der Waals surface area contributed by atoms with Crippen LogP contribution in [-0.2, 0) is 37.9 Å². The average Bonchev–Trinajstić information content (AvgIpc) is 3.17. The minimum atomic E-state index is 0.0173. The number of fused-ring (bicyclic) bond motifs is 3. The third-order valence-electron chi connectivity index (χ3n) is 16.1. The molecule has 328 valence electrons. The van der Waals surface area contributed by atoms with Crippen LogP contribution in [0.2, 0.25) is 0 Å². The van der Waals surface area contributed by atoms with Crippen LogP contribution >= 0.6 is 0 Å². The smallest absolute Gasteiger partial charge is 0.0502 e. The van der Waals surface area contributed by atoms with Crippen molar-refractivity contribution in [3.8, 4) is 11.1 Å². The second kappa shape index (κ2) is 14.6. The van der Waals surface area contributed by atoms with Gasteiger partial charge in [0.05, 0.1) is 5.69 Å². The molecule has 0 radical (unpaired) electrons. The van der Waals surface area contributed by atoms with E-state index in [0.717, 1.165) is 17.8 Å². The van der Waals surface area contributed by atoms with E-state index in [-0.39, 0.29) is 37.9 Å². The Labute approximate surface area is 377 Å². The molecule has 3 aliphatic carbocycles. The fraction of sp³-hybridized carbons (Fsp3) is 0.500. The van der Waals surface area contributed by atoms with E-state index in [1.54, 1.807) is 0 Å². The van der Waals surface area contributed by atoms with Gasteiger partial charge in [-0.1, -0.05) is 134 Å². The highest BCUT2D eigenvalue weighted by Crippen LogP contribution is 2.54. The lowest BCUT2D eigenvalue weighted by Gasteiger charge is -2.45. The van der Waals surface area contributed by atoms with E-state index in [4.69, 9.17) is 0 Å². The van der Waals surface area contributed by atoms with Crippen molar-refractivity contribution in [3.63, 3.8) is 0 Å². The number of hydrogen-bond donors (Lipinski definition) is 1. The predicted octanol–water partition coefficient (Wildman–Crippen LogP) is 17.5. The van der Waals surface area contributed by atoms with Crippen molar-refractivity contribution in [1.82, 2.24) is 0 Å². The van der Waals surface area contributed by atoms with Crippen molar-refractivity contribution >= 4 is 28.4 Å². The molecule has 0 aliphatic heterocycles. The highest BCUT2D eigenvalue weighted by molar-refractivity contribution is 5.87. The molecule has 0 spiro atoms. The van der Waals surface area contributed by atoms with Gasteiger partial charge in [0.15, 0.2) is 0 Å². The Morgan fingerprint density at radius 2 is 1.02 bits per heavy atom. The summed E-state index contributed by atoms with van der Waals surface area (Å²) in [5.74, 6) is 0. The zero-order chi connectivity index (χ0) is 45.2. The SMILES string of the molecule is Cc1cc(Nc2ccc(C(C)(C)C)cc2-c2cc3c(cc2C)C(C)(C)CCC3(C)C)cc(N(c2ccc3c(c2)C(C)(C)CCC3(C)C)c2cccc3c2C(C)(C)CCC3(C)C)c1. The third-order valence-corrected chi connectivity index (χ3v) is 16.1. The van der Waals surface area contributed by atoms with Crippen molar-refractivity contribution in [2.75, 3.05) is 10.2 Å². The van der Waals surface area contributed by atoms with Crippen molar-refractivity contribution in [3.05, 3.63) is 135 Å². The minimum Gasteiger partial charge on any atom is -0.355 e. The first-order chi connectivity index (χ1) is 28.6. The zero-order valence-corrected chi connectivity index (χ0v) is 41.8. The van der Waals surface area contributed by atoms with Crippen LogP contribution in [0, 0.1) is 13.8 Å². The molecule has 0 heterocycles. The lowest BCUT2D eigenvalue weighted by Crippen LogP contribution is -2.35. The minimum absolute atomic E-state index is 0.0173. The van der Waals surface area contributed by atoms with Crippen LogP contribution in [-0.4, -0.2) is 0 Å². The molecule has 8 rings (SSSR count). The summed E-state index contributed by atoms with van der Waals surface area (Å²) >= 11 is 0. The van der Waals surface area contributed by atoms with Gasteiger partial charge in [-0.15, -0.1) is 0 Å². The quantitative estimate of drug-likeness (QED) is 0.183. The Bertz CT molecular complexity index is 2560. The maximum atomic E-state index is 4.07. The van der Waals surface area contributed by atoms with Gasteiger partial charge in [0.2, 0.25) is 0 Å². The summed E-state index contributed by atoms with van der Waals surface area (Å²) in [5.41, 5.74) is 22.2. The van der Waals surface area contributed by atoms with Gasteiger partial charge < -0.3 is 10.2 Å². The van der Waals surface area contributed by atoms with Gasteiger partial charge in [-0.2, -0.15) is 0 Å². The number of benzene rings is 5. The molecule has 0 saturated carbocycles. The number of hydrogen-bond acceptors (Lipinski definition) is 2. The fourth-order valence-corrected chi connectivity index (χ4v) is 11.5. The van der Waals surface area contributed by atoms with Crippen molar-refractivity contribution in [1.29, 1.82) is 0 Å². The molecule has 0 amide bonds. The molecule has 0 aromatic heterocycles. The molecule has 0 bridgehead atoms. The van der Waals surface area contributed by atoms with E-state index in [0.29, 0.717) is 0 Å². The van der Waals surface area contributed by atoms with Crippen LogP contribution in [0.1, 0.15) is 192 Å². The molecular formula is C60H78N2. The van der Waals surface area contributed by atoms with Crippen molar-refractivity contribution < 1.29 is 0 Å². The van der Waals surface area contributed by atoms with Crippen LogP contribution < -0.4 is 10.2 Å². The monoisotopic (exact) mass is 827 g/mol. The molecule has 2 heteroatoms. The number of nitrogens with one attached hydrogen (secondary N) is 1. The van der Waals surface area contributed by atoms with Crippen molar-refractivity contribution in [2.24, 2.45) is 0 Å². The Kier molecular flexibility index (Phi) is 10.4. The highest BCUT2D eigenvalue weighted by atomic mass is 15.1. The van der Waals surface area contributed by atoms with E-state index in [9.17, 15) is 0 Å². The summed E-state index contributed by atoms with van der Waals surface area (Å²) in [7, 11) is 0. The Hall–Kier alpha value is -4.30. The van der Waals surface area contributed by atoms with E-state index < -0.39 is 0 Å². The summed E-state index contributed by atoms with van der Waals surface area (Å²) in [6.45, 7) is 41.0. The molecule has 3 aliphatic rings. The Morgan fingerprint density at radius 3 is 1.63 bits per heavy atom. The summed E-state index contributed by atoms with van der Waals surface area (Å²) < 4.78 is 0. The molecule has 0 unspecified atom stereocenters. The molecule has 5 aromatic rings. The van der Waals surface area contributed by atoms with Gasteiger partial charge in [0, 0.05) is 28.3 Å². The lowest BCUT2D eigenvalue weighted by molar-refractivity contribution is 0.331. The van der Waals surface area contributed by atoms with Crippen LogP contribution in [0.25, 0.3) is 11.1 Å². The zero-order valence-electron chi connectivity index (χ0n) is 41.8. The summed E-state index contributed by atoms with van der Waals surface area (Å²) in [6.07, 6.45) is 7.15. The van der Waals surface area contributed by atoms with Gasteiger partial charge in [0.25, 0.3) is 0 Å². The average molecular weight is 827 g/mol. The normalized spacial score (nSPS) is 20.1. The van der Waals surface area contributed by atoms with Crippen LogP contribution in [0.3, 0.4) is 0 Å². The Morgan fingerprint density at radius 1 is 0.468 bits per heavy atom. The molecule has 5 aromatic carbocycles. The van der Waals surface area contributed by atoms with Crippen molar-refractivity contribution in [2.45, 2.75) is 194 Å². The first-order valence-corrected chi connectivity index (χ1v) is 23.9. The summed E-state index contributed by atoms with van der Waals surface area (Å²) in [6, 6.07) is 33.9. The van der Waals surface area contributed by atoms with Gasteiger partial charge in [-0.05, 0) is 201 Å². The van der Waals surface area contributed by atoms with E-state index >= 15 is 0 Å². The number of aryl methyl sites for hydroxylation is 2. The summed E-state index contributed by atoms with van der Waals surface area (Å²) in [5, 5.41) is 4.07. The molecule has 2 nitrogen and oxygen atoms in total. The lowest BCUT2D eigenvalue weighted by atomic mass is 9.62. The van der Waals surface area contributed by atoms with Gasteiger partial charge in [0.1, 0.15) is 0 Å². The highest BCUT2D eigenvalue weighted by Gasteiger charge is 2.42. The molecule has 1 N–H and O–H groups in total. The molecular weight excluding hydrogens is 749 g/mol. The first-order valence-electron chi connectivity index (χ1n) is 23.9. The largest absolute Gasteiger partial charge is 0.355 e. The fourth-order valence-electron chi connectivity index (χ4n) is 11.5. The molecule has 0 saturated heterocycles. The van der Waals surface area contributed by atoms with Crippen LogP contribution in [0.15, 0.2) is 84.9 Å². The van der Waals surface area contributed by atoms with E-state index in [1.165, 1.54) is 110 Å². The molecule has 0 fully saturated rings. The van der Waals surface area contributed by atoms with E-state index in [2.05, 4.69) is 213 Å². The first kappa shape index (κ1) is 44.3. The number of nitrogens with zero attached hydrogens (tertiary/aromatic N) is 1. The molecule has 62 heavy (non-hydrogen) atoms. The summed E-state index contributed by atoms with van der Waals surface area (Å²) in [4.78, 5) is 2.61. The van der Waals surface area contributed by atoms with Crippen LogP contribution in [0.4, 0.5) is 28.4 Å².